The van der Waals surface area contributed by atoms with Gasteiger partial charge < -0.3 is 10.6 Å². The molecule has 1 aromatic heterocycles. The number of carbonyl (C=O) groups is 2. The third kappa shape index (κ3) is 3.38. The van der Waals surface area contributed by atoms with E-state index >= 15 is 0 Å². The number of hydrogen-bond donors (Lipinski definition) is 6. The third-order valence-electron chi connectivity index (χ3n) is 6.28. The number of amides is 2. The van der Waals surface area contributed by atoms with Crippen molar-refractivity contribution < 1.29 is 9.59 Å². The Bertz CT molecular complexity index is 831. The zero-order valence-electron chi connectivity index (χ0n) is 16.2. The second kappa shape index (κ2) is 7.38. The molecule has 3 aliphatic heterocycles. The van der Waals surface area contributed by atoms with Gasteiger partial charge in [0.05, 0.1) is 11.6 Å². The molecule has 1 saturated carbocycles. The number of pyridine rings is 1. The predicted octanol–water partition coefficient (Wildman–Crippen LogP) is -1.06. The van der Waals surface area contributed by atoms with Gasteiger partial charge >= 0.3 is 0 Å². The Balaban J connectivity index is 1.41. The number of fused-ring (bicyclic) bond motifs is 2. The molecule has 6 N–H and O–H groups in total. The summed E-state index contributed by atoms with van der Waals surface area (Å²) in [5.41, 5.74) is 14.5. The standard InChI is InChI=1S/C19H26N8O2/c1-10(28)21-18-17(13-4-2-3-7-20-13)19-22-14(9-16(29)27(19)25-18)11-5-6-12-15(8-11)24-26-23-12/h2-4,7,9,11-12,15,17-19,22-26H,5-6,8H2,1H3,(H,21,28). The highest BCUT2D eigenvalue weighted by Gasteiger charge is 2.48. The Morgan fingerprint density at radius 1 is 1.24 bits per heavy atom. The number of carbonyl (C=O) groups excluding carboxylic acids is 2. The fourth-order valence-corrected chi connectivity index (χ4v) is 4.92. The summed E-state index contributed by atoms with van der Waals surface area (Å²) in [6.45, 7) is 1.47. The SMILES string of the molecule is CC(=O)NC1NN2C(=O)C=C(C3CCC4NNNC4C3)NC2C1c1ccccn1. The van der Waals surface area contributed by atoms with E-state index in [4.69, 9.17) is 0 Å². The summed E-state index contributed by atoms with van der Waals surface area (Å²) in [7, 11) is 0. The monoisotopic (exact) mass is 398 g/mol. The van der Waals surface area contributed by atoms with Crippen LogP contribution in [0.2, 0.25) is 0 Å². The molecule has 154 valence electrons. The minimum absolute atomic E-state index is 0.102. The first kappa shape index (κ1) is 18.5. The molecule has 10 nitrogen and oxygen atoms in total. The molecule has 5 rings (SSSR count). The molecule has 1 aliphatic carbocycles. The molecule has 0 spiro atoms. The van der Waals surface area contributed by atoms with Crippen LogP contribution in [0, 0.1) is 5.92 Å². The van der Waals surface area contributed by atoms with Gasteiger partial charge in [0.25, 0.3) is 5.91 Å². The zero-order valence-corrected chi connectivity index (χ0v) is 16.2. The number of hydrazine groups is 3. The van der Waals surface area contributed by atoms with Crippen LogP contribution < -0.4 is 32.4 Å². The van der Waals surface area contributed by atoms with Crippen molar-refractivity contribution >= 4 is 11.8 Å². The molecule has 1 aromatic rings. The van der Waals surface area contributed by atoms with E-state index in [0.29, 0.717) is 12.1 Å². The van der Waals surface area contributed by atoms with Gasteiger partial charge in [-0.25, -0.2) is 21.3 Å². The third-order valence-corrected chi connectivity index (χ3v) is 6.28. The molecule has 6 atom stereocenters. The van der Waals surface area contributed by atoms with E-state index in [1.807, 2.05) is 18.2 Å². The molecule has 0 bridgehead atoms. The Kier molecular flexibility index (Phi) is 4.70. The van der Waals surface area contributed by atoms with Crippen LogP contribution in [0.15, 0.2) is 36.2 Å². The molecular weight excluding hydrogens is 372 g/mol. The molecule has 4 aliphatic rings. The average molecular weight is 398 g/mol. The minimum Gasteiger partial charge on any atom is -0.366 e. The van der Waals surface area contributed by atoms with Crippen molar-refractivity contribution in [2.45, 2.75) is 56.5 Å². The van der Waals surface area contributed by atoms with Gasteiger partial charge in [0.15, 0.2) is 0 Å². The summed E-state index contributed by atoms with van der Waals surface area (Å²) in [5, 5.41) is 8.08. The van der Waals surface area contributed by atoms with Crippen LogP contribution in [-0.2, 0) is 9.59 Å². The van der Waals surface area contributed by atoms with Crippen LogP contribution in [0.1, 0.15) is 37.8 Å². The van der Waals surface area contributed by atoms with Gasteiger partial charge in [0, 0.05) is 42.9 Å². The normalized spacial score (nSPS) is 36.1. The number of nitrogens with zero attached hydrogens (tertiary/aromatic N) is 2. The first-order chi connectivity index (χ1) is 14.1. The summed E-state index contributed by atoms with van der Waals surface area (Å²) < 4.78 is 0. The van der Waals surface area contributed by atoms with Crippen molar-refractivity contribution in [3.8, 4) is 0 Å². The number of nitrogens with one attached hydrogen (secondary N) is 6. The van der Waals surface area contributed by atoms with Crippen LogP contribution in [-0.4, -0.2) is 46.2 Å². The van der Waals surface area contributed by atoms with Crippen LogP contribution in [0.5, 0.6) is 0 Å². The molecule has 3 fully saturated rings. The fraction of sp³-hybridized carbons (Fsp3) is 0.526. The van der Waals surface area contributed by atoms with E-state index in [9.17, 15) is 9.59 Å². The molecule has 2 amide bonds. The predicted molar refractivity (Wildman–Crippen MR) is 104 cm³/mol. The van der Waals surface area contributed by atoms with Gasteiger partial charge in [-0.05, 0) is 31.4 Å². The van der Waals surface area contributed by atoms with Crippen molar-refractivity contribution in [1.29, 1.82) is 0 Å². The van der Waals surface area contributed by atoms with E-state index in [0.717, 1.165) is 30.7 Å². The Morgan fingerprint density at radius 3 is 2.90 bits per heavy atom. The molecule has 0 aromatic carbocycles. The number of allylic oxidation sites excluding steroid dienone is 1. The number of aromatic nitrogens is 1. The number of hydrogen-bond acceptors (Lipinski definition) is 8. The van der Waals surface area contributed by atoms with E-state index in [-0.39, 0.29) is 29.8 Å². The summed E-state index contributed by atoms with van der Waals surface area (Å²) >= 11 is 0. The van der Waals surface area contributed by atoms with Crippen LogP contribution >= 0.6 is 0 Å². The lowest BCUT2D eigenvalue weighted by Gasteiger charge is -2.38. The van der Waals surface area contributed by atoms with Gasteiger partial charge in [-0.1, -0.05) is 6.07 Å². The van der Waals surface area contributed by atoms with Crippen LogP contribution in [0.4, 0.5) is 0 Å². The quantitative estimate of drug-likeness (QED) is 0.381. The van der Waals surface area contributed by atoms with Gasteiger partial charge in [0.2, 0.25) is 5.91 Å². The van der Waals surface area contributed by atoms with E-state index in [2.05, 4.69) is 37.4 Å². The van der Waals surface area contributed by atoms with Gasteiger partial charge in [-0.3, -0.25) is 14.6 Å². The number of rotatable bonds is 3. The highest BCUT2D eigenvalue weighted by Crippen LogP contribution is 2.36. The molecule has 2 saturated heterocycles. The maximum absolute atomic E-state index is 12.9. The summed E-state index contributed by atoms with van der Waals surface area (Å²) in [4.78, 5) is 29.2. The molecule has 29 heavy (non-hydrogen) atoms. The average Bonchev–Trinajstić information content (AvgIpc) is 3.32. The minimum atomic E-state index is -0.419. The largest absolute Gasteiger partial charge is 0.366 e. The Hall–Kier alpha value is -2.53. The highest BCUT2D eigenvalue weighted by molar-refractivity contribution is 5.89. The van der Waals surface area contributed by atoms with Crippen LogP contribution in [0.3, 0.4) is 0 Å². The first-order valence-electron chi connectivity index (χ1n) is 10.1. The molecule has 10 heteroatoms. The molecule has 6 unspecified atom stereocenters. The van der Waals surface area contributed by atoms with Crippen molar-refractivity contribution in [2.24, 2.45) is 5.92 Å². The Labute approximate surface area is 168 Å². The van der Waals surface area contributed by atoms with Crippen molar-refractivity contribution in [3.05, 3.63) is 41.9 Å². The first-order valence-corrected chi connectivity index (χ1v) is 10.1. The van der Waals surface area contributed by atoms with Crippen LogP contribution in [0.25, 0.3) is 0 Å². The second-order valence-electron chi connectivity index (χ2n) is 8.12. The summed E-state index contributed by atoms with van der Waals surface area (Å²) in [6, 6.07) is 6.47. The fourth-order valence-electron chi connectivity index (χ4n) is 4.92. The lowest BCUT2D eigenvalue weighted by Crippen LogP contribution is -2.55. The summed E-state index contributed by atoms with van der Waals surface area (Å²) in [5.74, 6) is -0.192. The molecule has 0 radical (unpaired) electrons. The maximum atomic E-state index is 12.9. The Morgan fingerprint density at radius 2 is 2.10 bits per heavy atom. The van der Waals surface area contributed by atoms with Crippen molar-refractivity contribution in [2.75, 3.05) is 0 Å². The topological polar surface area (TPSA) is 122 Å². The smallest absolute Gasteiger partial charge is 0.264 e. The van der Waals surface area contributed by atoms with Crippen molar-refractivity contribution in [1.82, 2.24) is 42.4 Å². The van der Waals surface area contributed by atoms with Gasteiger partial charge in [-0.15, -0.1) is 0 Å². The molecular formula is C19H26N8O2. The van der Waals surface area contributed by atoms with E-state index in [1.54, 1.807) is 17.3 Å². The summed E-state index contributed by atoms with van der Waals surface area (Å²) in [6.07, 6.45) is 5.67. The van der Waals surface area contributed by atoms with E-state index < -0.39 is 6.17 Å². The lowest BCUT2D eigenvalue weighted by molar-refractivity contribution is -0.132. The van der Waals surface area contributed by atoms with E-state index in [1.165, 1.54) is 6.92 Å². The van der Waals surface area contributed by atoms with Gasteiger partial charge in [-0.2, -0.15) is 5.53 Å². The van der Waals surface area contributed by atoms with Gasteiger partial charge in [0.1, 0.15) is 12.3 Å². The second-order valence-corrected chi connectivity index (χ2v) is 8.12. The highest BCUT2D eigenvalue weighted by atomic mass is 16.2. The maximum Gasteiger partial charge on any atom is 0.264 e. The lowest BCUT2D eigenvalue weighted by atomic mass is 9.80. The zero-order chi connectivity index (χ0) is 20.0. The van der Waals surface area contributed by atoms with Crippen molar-refractivity contribution in [3.63, 3.8) is 0 Å². The molecule has 4 heterocycles.